The second-order valence-electron chi connectivity index (χ2n) is 8.04. The molecular formula is C24H27FN2O4. The van der Waals surface area contributed by atoms with Gasteiger partial charge in [0.05, 0.1) is 25.7 Å². The van der Waals surface area contributed by atoms with Gasteiger partial charge in [-0.25, -0.2) is 4.39 Å². The molecule has 2 aromatic rings. The molecule has 0 unspecified atom stereocenters. The first-order valence-electron chi connectivity index (χ1n) is 10.6. The van der Waals surface area contributed by atoms with Crippen LogP contribution in [0.1, 0.15) is 34.7 Å². The zero-order valence-electron chi connectivity index (χ0n) is 17.8. The number of methoxy groups -OCH3 is 2. The van der Waals surface area contributed by atoms with Gasteiger partial charge in [-0.2, -0.15) is 0 Å². The van der Waals surface area contributed by atoms with Crippen molar-refractivity contribution in [2.75, 3.05) is 40.4 Å². The van der Waals surface area contributed by atoms with Crippen molar-refractivity contribution in [3.8, 4) is 11.5 Å². The van der Waals surface area contributed by atoms with Crippen molar-refractivity contribution >= 4 is 11.8 Å². The summed E-state index contributed by atoms with van der Waals surface area (Å²) in [7, 11) is 3.16. The molecule has 6 nitrogen and oxygen atoms in total. The molecule has 2 saturated heterocycles. The number of hydrogen-bond donors (Lipinski definition) is 0. The Labute approximate surface area is 181 Å². The van der Waals surface area contributed by atoms with E-state index >= 15 is 0 Å². The molecule has 2 aliphatic heterocycles. The molecule has 2 aliphatic rings. The molecule has 0 saturated carbocycles. The molecule has 0 spiro atoms. The number of carbonyl (C=O) groups excluding carboxylic acids is 2. The molecule has 2 amide bonds. The largest absolute Gasteiger partial charge is 0.497 e. The average molecular weight is 426 g/mol. The van der Waals surface area contributed by atoms with Gasteiger partial charge in [0, 0.05) is 43.7 Å². The van der Waals surface area contributed by atoms with Gasteiger partial charge in [0.25, 0.3) is 5.91 Å². The molecule has 31 heavy (non-hydrogen) atoms. The normalized spacial score (nSPS) is 20.7. The van der Waals surface area contributed by atoms with Gasteiger partial charge >= 0.3 is 0 Å². The second kappa shape index (κ2) is 8.96. The highest BCUT2D eigenvalue weighted by atomic mass is 19.1. The zero-order valence-corrected chi connectivity index (χ0v) is 17.8. The van der Waals surface area contributed by atoms with Gasteiger partial charge in [0.1, 0.15) is 17.3 Å². The Bertz CT molecular complexity index is 974. The van der Waals surface area contributed by atoms with Gasteiger partial charge < -0.3 is 19.3 Å². The minimum Gasteiger partial charge on any atom is -0.497 e. The first-order valence-corrected chi connectivity index (χ1v) is 10.6. The molecule has 4 rings (SSSR count). The summed E-state index contributed by atoms with van der Waals surface area (Å²) in [4.78, 5) is 29.9. The van der Waals surface area contributed by atoms with Crippen LogP contribution < -0.4 is 9.47 Å². The Morgan fingerprint density at radius 3 is 2.39 bits per heavy atom. The lowest BCUT2D eigenvalue weighted by Gasteiger charge is -2.25. The van der Waals surface area contributed by atoms with Crippen molar-refractivity contribution in [1.82, 2.24) is 9.80 Å². The smallest absolute Gasteiger partial charge is 0.256 e. The van der Waals surface area contributed by atoms with E-state index in [0.29, 0.717) is 18.0 Å². The van der Waals surface area contributed by atoms with Crippen molar-refractivity contribution in [3.05, 3.63) is 59.4 Å². The fourth-order valence-electron chi connectivity index (χ4n) is 4.64. The summed E-state index contributed by atoms with van der Waals surface area (Å²) in [5, 5.41) is 0. The number of likely N-dealkylation sites (tertiary alicyclic amines) is 2. The predicted molar refractivity (Wildman–Crippen MR) is 114 cm³/mol. The standard InChI is InChI=1S/C24H27FN2O4/c1-30-16-9-10-17(22(13-16)31-2)19-14-27(23(28)18-7-3-4-8-21(18)25)15-20(19)24(29)26-11-5-6-12-26/h3-4,7-10,13,19-20H,5-6,11-12,14-15H2,1-2H3/t19-,20-/m1/s1. The van der Waals surface area contributed by atoms with Crippen LogP contribution in [0.5, 0.6) is 11.5 Å². The maximum absolute atomic E-state index is 14.3. The lowest BCUT2D eigenvalue weighted by molar-refractivity contribution is -0.134. The first-order chi connectivity index (χ1) is 15.0. The van der Waals surface area contributed by atoms with Crippen LogP contribution in [0.15, 0.2) is 42.5 Å². The van der Waals surface area contributed by atoms with Gasteiger partial charge in [0.2, 0.25) is 5.91 Å². The van der Waals surface area contributed by atoms with Gasteiger partial charge in [0.15, 0.2) is 0 Å². The molecule has 2 aromatic carbocycles. The van der Waals surface area contributed by atoms with Gasteiger partial charge in [-0.1, -0.05) is 18.2 Å². The van der Waals surface area contributed by atoms with Gasteiger partial charge in [-0.3, -0.25) is 9.59 Å². The number of carbonyl (C=O) groups is 2. The summed E-state index contributed by atoms with van der Waals surface area (Å²) >= 11 is 0. The molecule has 2 fully saturated rings. The molecule has 0 aliphatic carbocycles. The maximum atomic E-state index is 14.3. The molecule has 164 valence electrons. The summed E-state index contributed by atoms with van der Waals surface area (Å²) in [6, 6.07) is 11.5. The third-order valence-electron chi connectivity index (χ3n) is 6.29. The number of nitrogens with zero attached hydrogens (tertiary/aromatic N) is 2. The minimum absolute atomic E-state index is 0.0252. The van der Waals surface area contributed by atoms with Crippen molar-refractivity contribution in [3.63, 3.8) is 0 Å². The molecule has 2 atom stereocenters. The number of ether oxygens (including phenoxy) is 2. The highest BCUT2D eigenvalue weighted by Gasteiger charge is 2.44. The van der Waals surface area contributed by atoms with Crippen LogP contribution in [-0.2, 0) is 4.79 Å². The summed E-state index contributed by atoms with van der Waals surface area (Å²) in [6.07, 6.45) is 1.99. The number of hydrogen-bond acceptors (Lipinski definition) is 4. The molecule has 0 bridgehead atoms. The van der Waals surface area contributed by atoms with E-state index in [1.807, 2.05) is 17.0 Å². The monoisotopic (exact) mass is 426 g/mol. The molecule has 0 N–H and O–H groups in total. The topological polar surface area (TPSA) is 59.1 Å². The highest BCUT2D eigenvalue weighted by Crippen LogP contribution is 2.40. The lowest BCUT2D eigenvalue weighted by Crippen LogP contribution is -2.37. The average Bonchev–Trinajstić information content (AvgIpc) is 3.48. The Morgan fingerprint density at radius 2 is 1.71 bits per heavy atom. The number of amides is 2. The molecule has 2 heterocycles. The number of benzene rings is 2. The van der Waals surface area contributed by atoms with E-state index in [-0.39, 0.29) is 23.9 Å². The fraction of sp³-hybridized carbons (Fsp3) is 0.417. The van der Waals surface area contributed by atoms with E-state index in [0.717, 1.165) is 31.5 Å². The predicted octanol–water partition coefficient (Wildman–Crippen LogP) is 3.32. The van der Waals surface area contributed by atoms with Crippen LogP contribution in [0, 0.1) is 11.7 Å². The van der Waals surface area contributed by atoms with E-state index in [4.69, 9.17) is 9.47 Å². The van der Waals surface area contributed by atoms with Crippen molar-refractivity contribution in [1.29, 1.82) is 0 Å². The summed E-state index contributed by atoms with van der Waals surface area (Å²) in [5.74, 6) is -0.290. The van der Waals surface area contributed by atoms with Crippen LogP contribution in [0.4, 0.5) is 4.39 Å². The zero-order chi connectivity index (χ0) is 22.0. The summed E-state index contributed by atoms with van der Waals surface area (Å²) < 4.78 is 25.1. The van der Waals surface area contributed by atoms with Gasteiger partial charge in [-0.15, -0.1) is 0 Å². The van der Waals surface area contributed by atoms with E-state index in [2.05, 4.69) is 0 Å². The van der Waals surface area contributed by atoms with Crippen molar-refractivity contribution < 1.29 is 23.5 Å². The van der Waals surface area contributed by atoms with Crippen molar-refractivity contribution in [2.45, 2.75) is 18.8 Å². The Hall–Kier alpha value is -3.09. The molecular weight excluding hydrogens is 399 g/mol. The van der Waals surface area contributed by atoms with E-state index in [1.165, 1.54) is 12.1 Å². The van der Waals surface area contributed by atoms with Crippen molar-refractivity contribution in [2.24, 2.45) is 5.92 Å². The van der Waals surface area contributed by atoms with Crippen LogP contribution in [-0.4, -0.2) is 62.0 Å². The Kier molecular flexibility index (Phi) is 6.11. The van der Waals surface area contributed by atoms with Crippen LogP contribution in [0.25, 0.3) is 0 Å². The number of halogens is 1. The summed E-state index contributed by atoms with van der Waals surface area (Å²) in [6.45, 7) is 2.05. The minimum atomic E-state index is -0.555. The summed E-state index contributed by atoms with van der Waals surface area (Å²) in [5.41, 5.74) is 0.877. The van der Waals surface area contributed by atoms with Crippen LogP contribution in [0.3, 0.4) is 0 Å². The molecule has 7 heteroatoms. The first kappa shape index (κ1) is 21.2. The second-order valence-corrected chi connectivity index (χ2v) is 8.04. The third-order valence-corrected chi connectivity index (χ3v) is 6.29. The lowest BCUT2D eigenvalue weighted by atomic mass is 9.87. The number of rotatable bonds is 5. The third kappa shape index (κ3) is 4.09. The van der Waals surface area contributed by atoms with E-state index in [9.17, 15) is 14.0 Å². The molecule has 0 aromatic heterocycles. The highest BCUT2D eigenvalue weighted by molar-refractivity contribution is 5.95. The van der Waals surface area contributed by atoms with Crippen LogP contribution in [0.2, 0.25) is 0 Å². The maximum Gasteiger partial charge on any atom is 0.256 e. The molecule has 0 radical (unpaired) electrons. The van der Waals surface area contributed by atoms with Crippen LogP contribution >= 0.6 is 0 Å². The van der Waals surface area contributed by atoms with E-state index in [1.54, 1.807) is 37.3 Å². The van der Waals surface area contributed by atoms with Gasteiger partial charge in [-0.05, 0) is 31.0 Å². The van der Waals surface area contributed by atoms with E-state index < -0.39 is 17.6 Å². The Balaban J connectivity index is 1.68. The Morgan fingerprint density at radius 1 is 0.968 bits per heavy atom. The quantitative estimate of drug-likeness (QED) is 0.736. The SMILES string of the molecule is COc1ccc([C@H]2CN(C(=O)c3ccccc3F)C[C@H]2C(=O)N2CCCC2)c(OC)c1. The fourth-order valence-corrected chi connectivity index (χ4v) is 4.64.